The number of halogens is 1. The second kappa shape index (κ2) is 5.51. The molecule has 1 saturated carbocycles. The van der Waals surface area contributed by atoms with Crippen molar-refractivity contribution < 1.29 is 4.74 Å². The first-order chi connectivity index (χ1) is 10.3. The second-order valence-corrected chi connectivity index (χ2v) is 7.37. The molecule has 0 aromatic carbocycles. The number of hydrogen-bond donors (Lipinski definition) is 1. The predicted molar refractivity (Wildman–Crippen MR) is 85.7 cm³/mol. The minimum atomic E-state index is 0.345. The minimum Gasteiger partial charge on any atom is -0.374 e. The first-order valence-corrected chi connectivity index (χ1v) is 8.96. The maximum Gasteiger partial charge on any atom is 0.144 e. The third-order valence-electron chi connectivity index (χ3n) is 5.31. The SMILES string of the molecule is CNc1nc(C2CC3CCC2O3)nc(C2CCCC2)c1Br. The van der Waals surface area contributed by atoms with E-state index in [1.165, 1.54) is 44.2 Å². The molecule has 0 spiro atoms. The van der Waals surface area contributed by atoms with Gasteiger partial charge in [-0.15, -0.1) is 0 Å². The van der Waals surface area contributed by atoms with E-state index in [1.807, 2.05) is 7.05 Å². The van der Waals surface area contributed by atoms with Crippen LogP contribution in [0, 0.1) is 0 Å². The maximum atomic E-state index is 6.00. The summed E-state index contributed by atoms with van der Waals surface area (Å²) < 4.78 is 7.06. The number of aromatic nitrogens is 2. The van der Waals surface area contributed by atoms with E-state index in [9.17, 15) is 0 Å². The summed E-state index contributed by atoms with van der Waals surface area (Å²) >= 11 is 3.72. The van der Waals surface area contributed by atoms with Crippen molar-refractivity contribution in [3.63, 3.8) is 0 Å². The van der Waals surface area contributed by atoms with Crippen LogP contribution in [0.3, 0.4) is 0 Å². The Morgan fingerprint density at radius 3 is 2.57 bits per heavy atom. The molecule has 0 amide bonds. The average molecular weight is 352 g/mol. The van der Waals surface area contributed by atoms with Gasteiger partial charge in [-0.1, -0.05) is 12.8 Å². The fourth-order valence-electron chi connectivity index (χ4n) is 4.19. The summed E-state index contributed by atoms with van der Waals surface area (Å²) in [6.07, 6.45) is 9.42. The van der Waals surface area contributed by atoms with Crippen LogP contribution in [0.15, 0.2) is 4.47 Å². The van der Waals surface area contributed by atoms with Gasteiger partial charge >= 0.3 is 0 Å². The molecule has 3 heterocycles. The Morgan fingerprint density at radius 1 is 1.14 bits per heavy atom. The van der Waals surface area contributed by atoms with Crippen molar-refractivity contribution in [3.05, 3.63) is 16.0 Å². The quantitative estimate of drug-likeness (QED) is 0.894. The van der Waals surface area contributed by atoms with Crippen molar-refractivity contribution in [3.8, 4) is 0 Å². The molecule has 2 saturated heterocycles. The van der Waals surface area contributed by atoms with Gasteiger partial charge in [0.05, 0.1) is 22.4 Å². The first kappa shape index (κ1) is 13.9. The van der Waals surface area contributed by atoms with Crippen molar-refractivity contribution in [1.29, 1.82) is 0 Å². The normalized spacial score (nSPS) is 32.0. The zero-order valence-electron chi connectivity index (χ0n) is 12.4. The van der Waals surface area contributed by atoms with E-state index in [1.54, 1.807) is 0 Å². The number of rotatable bonds is 3. The van der Waals surface area contributed by atoms with E-state index in [0.29, 0.717) is 24.0 Å². The number of hydrogen-bond acceptors (Lipinski definition) is 4. The van der Waals surface area contributed by atoms with E-state index < -0.39 is 0 Å². The Hall–Kier alpha value is -0.680. The van der Waals surface area contributed by atoms with Gasteiger partial charge < -0.3 is 10.1 Å². The van der Waals surface area contributed by atoms with Gasteiger partial charge in [0.25, 0.3) is 0 Å². The highest BCUT2D eigenvalue weighted by Gasteiger charge is 2.43. The molecule has 3 atom stereocenters. The van der Waals surface area contributed by atoms with Gasteiger partial charge in [-0.05, 0) is 48.0 Å². The largest absolute Gasteiger partial charge is 0.374 e. The highest BCUT2D eigenvalue weighted by molar-refractivity contribution is 9.10. The number of fused-ring (bicyclic) bond motifs is 2. The Labute approximate surface area is 134 Å². The zero-order chi connectivity index (χ0) is 14.4. The Bertz CT molecular complexity index is 545. The van der Waals surface area contributed by atoms with Gasteiger partial charge in [0.2, 0.25) is 0 Å². The molecular formula is C16H22BrN3O. The van der Waals surface area contributed by atoms with Crippen LogP contribution in [0.5, 0.6) is 0 Å². The van der Waals surface area contributed by atoms with Crippen molar-refractivity contribution >= 4 is 21.7 Å². The van der Waals surface area contributed by atoms with Crippen molar-refractivity contribution in [2.75, 3.05) is 12.4 Å². The van der Waals surface area contributed by atoms with Crippen LogP contribution in [0.1, 0.15) is 68.3 Å². The van der Waals surface area contributed by atoms with Gasteiger partial charge in [0.15, 0.2) is 0 Å². The lowest BCUT2D eigenvalue weighted by Crippen LogP contribution is -2.19. The molecule has 4 nitrogen and oxygen atoms in total. The molecule has 1 aromatic heterocycles. The highest BCUT2D eigenvalue weighted by atomic mass is 79.9. The molecule has 1 N–H and O–H groups in total. The van der Waals surface area contributed by atoms with Crippen LogP contribution < -0.4 is 5.32 Å². The molecule has 0 radical (unpaired) electrons. The van der Waals surface area contributed by atoms with Crippen molar-refractivity contribution in [2.24, 2.45) is 0 Å². The molecule has 1 aliphatic carbocycles. The molecule has 1 aromatic rings. The van der Waals surface area contributed by atoms with Gasteiger partial charge in [-0.2, -0.15) is 0 Å². The summed E-state index contributed by atoms with van der Waals surface area (Å²) in [6.45, 7) is 0. The summed E-state index contributed by atoms with van der Waals surface area (Å²) in [5.41, 5.74) is 1.21. The van der Waals surface area contributed by atoms with Crippen LogP contribution in [0.25, 0.3) is 0 Å². The minimum absolute atomic E-state index is 0.345. The number of nitrogens with one attached hydrogen (secondary N) is 1. The molecule has 3 unspecified atom stereocenters. The van der Waals surface area contributed by atoms with Crippen LogP contribution in [-0.4, -0.2) is 29.2 Å². The highest BCUT2D eigenvalue weighted by Crippen LogP contribution is 2.45. The van der Waals surface area contributed by atoms with Gasteiger partial charge in [-0.25, -0.2) is 9.97 Å². The number of anilines is 1. The summed E-state index contributed by atoms with van der Waals surface area (Å²) in [5, 5.41) is 3.23. The Morgan fingerprint density at radius 2 is 1.95 bits per heavy atom. The van der Waals surface area contributed by atoms with E-state index in [2.05, 4.69) is 21.2 Å². The average Bonchev–Trinajstić information content (AvgIpc) is 3.24. The lowest BCUT2D eigenvalue weighted by molar-refractivity contribution is 0.0998. The monoisotopic (exact) mass is 351 g/mol. The molecule has 114 valence electrons. The summed E-state index contributed by atoms with van der Waals surface area (Å²) in [7, 11) is 1.94. The third kappa shape index (κ3) is 2.38. The van der Waals surface area contributed by atoms with Gasteiger partial charge in [0, 0.05) is 18.9 Å². The molecule has 3 aliphatic rings. The smallest absolute Gasteiger partial charge is 0.144 e. The third-order valence-corrected chi connectivity index (χ3v) is 6.09. The molecular weight excluding hydrogens is 330 g/mol. The summed E-state index contributed by atoms with van der Waals surface area (Å²) in [6, 6.07) is 0. The second-order valence-electron chi connectivity index (χ2n) is 6.58. The van der Waals surface area contributed by atoms with Crippen molar-refractivity contribution in [2.45, 2.75) is 69.0 Å². The van der Waals surface area contributed by atoms with Gasteiger partial charge in [-0.3, -0.25) is 0 Å². The number of nitrogens with zero attached hydrogens (tertiary/aromatic N) is 2. The van der Waals surface area contributed by atoms with E-state index in [0.717, 1.165) is 22.5 Å². The van der Waals surface area contributed by atoms with E-state index >= 15 is 0 Å². The predicted octanol–water partition coefficient (Wildman–Crippen LogP) is 3.97. The molecule has 2 aliphatic heterocycles. The lowest BCUT2D eigenvalue weighted by Gasteiger charge is -2.21. The zero-order valence-corrected chi connectivity index (χ0v) is 14.0. The van der Waals surface area contributed by atoms with Gasteiger partial charge in [0.1, 0.15) is 11.6 Å². The first-order valence-electron chi connectivity index (χ1n) is 8.16. The topological polar surface area (TPSA) is 47.0 Å². The molecule has 5 heteroatoms. The van der Waals surface area contributed by atoms with Crippen LogP contribution in [0.2, 0.25) is 0 Å². The Kier molecular flexibility index (Phi) is 3.66. The fraction of sp³-hybridized carbons (Fsp3) is 0.750. The van der Waals surface area contributed by atoms with Crippen molar-refractivity contribution in [1.82, 2.24) is 9.97 Å². The molecule has 3 fully saturated rings. The van der Waals surface area contributed by atoms with Crippen LogP contribution >= 0.6 is 15.9 Å². The van der Waals surface area contributed by atoms with E-state index in [4.69, 9.17) is 14.7 Å². The maximum absolute atomic E-state index is 6.00. The molecule has 21 heavy (non-hydrogen) atoms. The summed E-state index contributed by atoms with van der Waals surface area (Å²) in [5.74, 6) is 2.91. The lowest BCUT2D eigenvalue weighted by atomic mass is 9.88. The van der Waals surface area contributed by atoms with E-state index in [-0.39, 0.29) is 0 Å². The molecule has 2 bridgehead atoms. The Balaban J connectivity index is 1.71. The molecule has 4 rings (SSSR count). The summed E-state index contributed by atoms with van der Waals surface area (Å²) in [4.78, 5) is 9.76. The standard InChI is InChI=1S/C16H22BrN3O/c1-18-16-13(17)14(9-4-2-3-5-9)19-15(20-16)11-8-10-6-7-12(11)21-10/h9-12H,2-8H2,1H3,(H,18,19,20). The number of ether oxygens (including phenoxy) is 1. The van der Waals surface area contributed by atoms with Crippen LogP contribution in [0.4, 0.5) is 5.82 Å². The van der Waals surface area contributed by atoms with Crippen LogP contribution in [-0.2, 0) is 4.74 Å². The fourth-order valence-corrected chi connectivity index (χ4v) is 4.89.